The van der Waals surface area contributed by atoms with E-state index in [0.717, 1.165) is 27.6 Å². The van der Waals surface area contributed by atoms with Crippen molar-refractivity contribution < 1.29 is 4.79 Å². The number of thioether (sulfide) groups is 1. The number of benzene rings is 1. The predicted octanol–water partition coefficient (Wildman–Crippen LogP) is 4.86. The quantitative estimate of drug-likeness (QED) is 0.393. The first kappa shape index (κ1) is 19.2. The summed E-state index contributed by atoms with van der Waals surface area (Å²) in [5.74, 6) is 0.210. The molecule has 1 aromatic carbocycles. The lowest BCUT2D eigenvalue weighted by atomic mass is 10.1. The molecular formula is C21H17N5OS3. The van der Waals surface area contributed by atoms with E-state index in [9.17, 15) is 4.79 Å². The Morgan fingerprint density at radius 2 is 1.90 bits per heavy atom. The minimum Gasteiger partial charge on any atom is -0.277 e. The van der Waals surface area contributed by atoms with Crippen molar-refractivity contribution in [3.05, 3.63) is 81.4 Å². The largest absolute Gasteiger partial charge is 0.277 e. The molecule has 0 saturated carbocycles. The summed E-state index contributed by atoms with van der Waals surface area (Å²) < 4.78 is 1.89. The molecule has 0 bridgehead atoms. The van der Waals surface area contributed by atoms with Gasteiger partial charge in [-0.25, -0.2) is 5.01 Å². The highest BCUT2D eigenvalue weighted by molar-refractivity contribution is 7.99. The normalized spacial score (nSPS) is 16.1. The molecule has 0 unspecified atom stereocenters. The molecule has 0 saturated heterocycles. The molecule has 150 valence electrons. The van der Waals surface area contributed by atoms with Gasteiger partial charge in [-0.05, 0) is 35.0 Å². The highest BCUT2D eigenvalue weighted by Crippen LogP contribution is 2.36. The van der Waals surface area contributed by atoms with Gasteiger partial charge in [0.25, 0.3) is 5.91 Å². The van der Waals surface area contributed by atoms with Gasteiger partial charge in [-0.1, -0.05) is 42.1 Å². The van der Waals surface area contributed by atoms with Crippen molar-refractivity contribution in [3.8, 4) is 5.69 Å². The second-order valence-corrected chi connectivity index (χ2v) is 9.47. The fourth-order valence-corrected chi connectivity index (χ4v) is 5.63. The summed E-state index contributed by atoms with van der Waals surface area (Å²) in [5, 5.41) is 19.3. The Balaban J connectivity index is 1.35. The van der Waals surface area contributed by atoms with E-state index in [-0.39, 0.29) is 17.7 Å². The van der Waals surface area contributed by atoms with Crippen molar-refractivity contribution in [1.82, 2.24) is 19.8 Å². The Labute approximate surface area is 185 Å². The molecule has 1 aliphatic heterocycles. The van der Waals surface area contributed by atoms with Gasteiger partial charge in [0, 0.05) is 17.0 Å². The fourth-order valence-electron chi connectivity index (χ4n) is 3.32. The lowest BCUT2D eigenvalue weighted by Gasteiger charge is -2.20. The van der Waals surface area contributed by atoms with Crippen LogP contribution in [0.15, 0.2) is 81.9 Å². The number of amides is 1. The minimum atomic E-state index is -0.0535. The third-order valence-electron chi connectivity index (χ3n) is 4.72. The van der Waals surface area contributed by atoms with Crippen LogP contribution in [-0.4, -0.2) is 37.1 Å². The Morgan fingerprint density at radius 1 is 1.07 bits per heavy atom. The van der Waals surface area contributed by atoms with Crippen LogP contribution in [0, 0.1) is 0 Å². The molecule has 1 atom stereocenters. The summed E-state index contributed by atoms with van der Waals surface area (Å²) in [6, 6.07) is 18.0. The molecule has 4 heterocycles. The number of para-hydroxylation sites is 1. The van der Waals surface area contributed by atoms with Crippen LogP contribution in [0.5, 0.6) is 0 Å². The average Bonchev–Trinajstić information content (AvgIpc) is 3.57. The van der Waals surface area contributed by atoms with Gasteiger partial charge in [-0.3, -0.25) is 9.36 Å². The second kappa shape index (κ2) is 8.55. The summed E-state index contributed by atoms with van der Waals surface area (Å²) in [6.45, 7) is 0. The zero-order chi connectivity index (χ0) is 20.3. The Bertz CT molecular complexity index is 1150. The Kier molecular flexibility index (Phi) is 5.48. The minimum absolute atomic E-state index is 0.0347. The van der Waals surface area contributed by atoms with Crippen molar-refractivity contribution >= 4 is 46.1 Å². The van der Waals surface area contributed by atoms with E-state index < -0.39 is 0 Å². The third-order valence-corrected chi connectivity index (χ3v) is 7.54. The number of aromatic nitrogens is 3. The topological polar surface area (TPSA) is 63.4 Å². The first-order valence-corrected chi connectivity index (χ1v) is 12.1. The summed E-state index contributed by atoms with van der Waals surface area (Å²) >= 11 is 4.69. The van der Waals surface area contributed by atoms with E-state index >= 15 is 0 Å². The molecule has 5 rings (SSSR count). The zero-order valence-electron chi connectivity index (χ0n) is 15.8. The van der Waals surface area contributed by atoms with Crippen LogP contribution in [0.4, 0.5) is 0 Å². The summed E-state index contributed by atoms with van der Waals surface area (Å²) in [5.41, 5.74) is 1.93. The van der Waals surface area contributed by atoms with Gasteiger partial charge >= 0.3 is 0 Å². The average molecular weight is 452 g/mol. The fraction of sp³-hybridized carbons (Fsp3) is 0.143. The first-order valence-electron chi connectivity index (χ1n) is 9.34. The lowest BCUT2D eigenvalue weighted by Crippen LogP contribution is -2.28. The number of rotatable bonds is 6. The number of hydrazone groups is 1. The van der Waals surface area contributed by atoms with Gasteiger partial charge in [0.1, 0.15) is 6.33 Å². The van der Waals surface area contributed by atoms with E-state index in [1.165, 1.54) is 11.8 Å². The first-order chi connectivity index (χ1) is 14.8. The van der Waals surface area contributed by atoms with Crippen LogP contribution in [-0.2, 0) is 4.79 Å². The second-order valence-electron chi connectivity index (χ2n) is 6.61. The Hall–Kier alpha value is -2.75. The predicted molar refractivity (Wildman–Crippen MR) is 121 cm³/mol. The number of hydrogen-bond donors (Lipinski definition) is 0. The molecular weight excluding hydrogens is 434 g/mol. The van der Waals surface area contributed by atoms with Gasteiger partial charge in [0.05, 0.1) is 22.4 Å². The van der Waals surface area contributed by atoms with Gasteiger partial charge in [-0.15, -0.1) is 32.9 Å². The van der Waals surface area contributed by atoms with Crippen LogP contribution < -0.4 is 0 Å². The SMILES string of the molecule is O=C(CSc1nncn1-c1ccccc1)N1N=C(c2cccs2)C[C@H]1c1cccs1. The number of carbonyl (C=O) groups is 1. The van der Waals surface area contributed by atoms with Crippen molar-refractivity contribution in [2.45, 2.75) is 17.6 Å². The molecule has 4 aromatic rings. The summed E-state index contributed by atoms with van der Waals surface area (Å²) in [7, 11) is 0. The van der Waals surface area contributed by atoms with Crippen LogP contribution in [0.2, 0.25) is 0 Å². The van der Waals surface area contributed by atoms with Gasteiger partial charge in [0.15, 0.2) is 5.16 Å². The maximum atomic E-state index is 13.2. The molecule has 0 spiro atoms. The molecule has 0 radical (unpaired) electrons. The molecule has 0 N–H and O–H groups in total. The van der Waals surface area contributed by atoms with Gasteiger partial charge < -0.3 is 0 Å². The number of hydrogen-bond acceptors (Lipinski definition) is 7. The van der Waals surface area contributed by atoms with Crippen molar-refractivity contribution in [1.29, 1.82) is 0 Å². The standard InChI is InChI=1S/C21H17N5OS3/c27-20(13-30-21-23-22-14-25(21)15-6-2-1-3-7-15)26-17(19-9-5-11-29-19)12-16(24-26)18-8-4-10-28-18/h1-11,14,17H,12-13H2/t17-/m0/s1. The van der Waals surface area contributed by atoms with E-state index in [2.05, 4.69) is 22.3 Å². The van der Waals surface area contributed by atoms with Crippen molar-refractivity contribution in [2.75, 3.05) is 5.75 Å². The van der Waals surface area contributed by atoms with E-state index in [1.54, 1.807) is 34.0 Å². The number of carbonyl (C=O) groups excluding carboxylic acids is 1. The molecule has 0 fully saturated rings. The van der Waals surface area contributed by atoms with E-state index in [0.29, 0.717) is 5.16 Å². The molecule has 3 aromatic heterocycles. The van der Waals surface area contributed by atoms with Crippen LogP contribution >= 0.6 is 34.4 Å². The van der Waals surface area contributed by atoms with Crippen molar-refractivity contribution in [2.24, 2.45) is 5.10 Å². The highest BCUT2D eigenvalue weighted by atomic mass is 32.2. The molecule has 30 heavy (non-hydrogen) atoms. The monoisotopic (exact) mass is 451 g/mol. The number of thiophene rings is 2. The molecule has 9 heteroatoms. The van der Waals surface area contributed by atoms with Crippen molar-refractivity contribution in [3.63, 3.8) is 0 Å². The highest BCUT2D eigenvalue weighted by Gasteiger charge is 2.34. The van der Waals surface area contributed by atoms with Gasteiger partial charge in [-0.2, -0.15) is 5.10 Å². The van der Waals surface area contributed by atoms with Gasteiger partial charge in [0.2, 0.25) is 0 Å². The zero-order valence-corrected chi connectivity index (χ0v) is 18.2. The molecule has 6 nitrogen and oxygen atoms in total. The van der Waals surface area contributed by atoms with Crippen LogP contribution in [0.3, 0.4) is 0 Å². The smallest absolute Gasteiger partial charge is 0.253 e. The third kappa shape index (κ3) is 3.83. The van der Waals surface area contributed by atoms with E-state index in [1.807, 2.05) is 57.8 Å². The summed E-state index contributed by atoms with van der Waals surface area (Å²) in [4.78, 5) is 15.4. The number of nitrogens with zero attached hydrogens (tertiary/aromatic N) is 5. The van der Waals surface area contributed by atoms with E-state index in [4.69, 9.17) is 5.10 Å². The molecule has 0 aliphatic carbocycles. The molecule has 1 aliphatic rings. The molecule has 1 amide bonds. The maximum absolute atomic E-state index is 13.2. The Morgan fingerprint density at radius 3 is 2.67 bits per heavy atom. The maximum Gasteiger partial charge on any atom is 0.253 e. The summed E-state index contributed by atoms with van der Waals surface area (Å²) in [6.07, 6.45) is 2.40. The lowest BCUT2D eigenvalue weighted by molar-refractivity contribution is -0.130. The van der Waals surface area contributed by atoms with Crippen LogP contribution in [0.1, 0.15) is 22.2 Å². The van der Waals surface area contributed by atoms with Crippen LogP contribution in [0.25, 0.3) is 5.69 Å².